The first-order valence-corrected chi connectivity index (χ1v) is 6.92. The number of rotatable bonds is 3. The Morgan fingerprint density at radius 3 is 2.52 bits per heavy atom. The minimum Gasteiger partial charge on any atom is -0.273 e. The number of amides is 2. The predicted octanol–water partition coefficient (Wildman–Crippen LogP) is 1.94. The number of carbonyl (C=O) groups excluding carboxylic acids is 2. The van der Waals surface area contributed by atoms with Crippen LogP contribution in [0.25, 0.3) is 0 Å². The number of non-ortho nitro benzene ring substituents is 1. The molecule has 7 nitrogen and oxygen atoms in total. The van der Waals surface area contributed by atoms with Gasteiger partial charge in [0.15, 0.2) is 0 Å². The first kappa shape index (κ1) is 15.0. The molecule has 1 saturated carbocycles. The summed E-state index contributed by atoms with van der Waals surface area (Å²) in [5, 5.41) is 10.7. The fraction of sp³-hybridized carbons (Fsp3) is 0.429. The number of hydrogen-bond acceptors (Lipinski definition) is 4. The second-order valence-electron chi connectivity index (χ2n) is 5.09. The molecule has 2 amide bonds. The molecule has 7 heteroatoms. The number of nitro benzene ring substituents is 1. The Bertz CT molecular complexity index is 553. The van der Waals surface area contributed by atoms with Crippen molar-refractivity contribution < 1.29 is 14.5 Å². The number of carbonyl (C=O) groups is 2. The molecular weight excluding hydrogens is 274 g/mol. The van der Waals surface area contributed by atoms with Gasteiger partial charge in [-0.1, -0.05) is 25.3 Å². The number of nitrogens with zero attached hydrogens (tertiary/aromatic N) is 1. The zero-order chi connectivity index (χ0) is 15.2. The van der Waals surface area contributed by atoms with Gasteiger partial charge in [0.1, 0.15) is 0 Å². The SMILES string of the molecule is O=C(NNC(=O)C1CCCCC1)c1cccc([N+](=O)[O-])c1. The molecule has 1 aliphatic rings. The van der Waals surface area contributed by atoms with Gasteiger partial charge in [-0.05, 0) is 18.9 Å². The van der Waals surface area contributed by atoms with E-state index in [1.807, 2.05) is 0 Å². The summed E-state index contributed by atoms with van der Waals surface area (Å²) >= 11 is 0. The van der Waals surface area contributed by atoms with E-state index in [1.54, 1.807) is 0 Å². The van der Waals surface area contributed by atoms with Gasteiger partial charge in [-0.15, -0.1) is 0 Å². The van der Waals surface area contributed by atoms with Gasteiger partial charge in [0, 0.05) is 23.6 Å². The quantitative estimate of drug-likeness (QED) is 0.656. The maximum Gasteiger partial charge on any atom is 0.270 e. The van der Waals surface area contributed by atoms with Gasteiger partial charge in [-0.25, -0.2) is 0 Å². The summed E-state index contributed by atoms with van der Waals surface area (Å²) in [4.78, 5) is 33.8. The van der Waals surface area contributed by atoms with Crippen LogP contribution in [0.4, 0.5) is 5.69 Å². The molecule has 1 aromatic rings. The fourth-order valence-electron chi connectivity index (χ4n) is 2.42. The Hall–Kier alpha value is -2.44. The molecule has 0 aliphatic heterocycles. The number of benzene rings is 1. The number of nitro groups is 1. The van der Waals surface area contributed by atoms with Crippen molar-refractivity contribution in [3.8, 4) is 0 Å². The zero-order valence-corrected chi connectivity index (χ0v) is 11.5. The van der Waals surface area contributed by atoms with E-state index in [2.05, 4.69) is 10.9 Å². The molecule has 0 unspecified atom stereocenters. The molecule has 112 valence electrons. The van der Waals surface area contributed by atoms with Crippen molar-refractivity contribution in [2.45, 2.75) is 32.1 Å². The molecule has 1 aliphatic carbocycles. The van der Waals surface area contributed by atoms with Crippen molar-refractivity contribution in [2.24, 2.45) is 5.92 Å². The van der Waals surface area contributed by atoms with E-state index in [0.29, 0.717) is 0 Å². The van der Waals surface area contributed by atoms with E-state index in [0.717, 1.165) is 32.1 Å². The number of hydrogen-bond donors (Lipinski definition) is 2. The predicted molar refractivity (Wildman–Crippen MR) is 75.3 cm³/mol. The lowest BCUT2D eigenvalue weighted by molar-refractivity contribution is -0.384. The third kappa shape index (κ3) is 4.01. The van der Waals surface area contributed by atoms with Gasteiger partial charge in [-0.3, -0.25) is 30.6 Å². The van der Waals surface area contributed by atoms with Crippen molar-refractivity contribution >= 4 is 17.5 Å². The zero-order valence-electron chi connectivity index (χ0n) is 11.5. The van der Waals surface area contributed by atoms with Crippen molar-refractivity contribution in [1.29, 1.82) is 0 Å². The largest absolute Gasteiger partial charge is 0.273 e. The second kappa shape index (κ2) is 6.83. The van der Waals surface area contributed by atoms with Crippen LogP contribution in [0.3, 0.4) is 0 Å². The van der Waals surface area contributed by atoms with Gasteiger partial charge in [-0.2, -0.15) is 0 Å². The summed E-state index contributed by atoms with van der Waals surface area (Å²) in [6.07, 6.45) is 4.86. The first-order valence-electron chi connectivity index (χ1n) is 6.92. The highest BCUT2D eigenvalue weighted by Gasteiger charge is 2.21. The Balaban J connectivity index is 1.90. The molecular formula is C14H17N3O4. The van der Waals surface area contributed by atoms with Gasteiger partial charge in [0.25, 0.3) is 11.6 Å². The lowest BCUT2D eigenvalue weighted by Gasteiger charge is -2.20. The Morgan fingerprint density at radius 2 is 1.86 bits per heavy atom. The highest BCUT2D eigenvalue weighted by atomic mass is 16.6. The van der Waals surface area contributed by atoms with Crippen LogP contribution < -0.4 is 10.9 Å². The second-order valence-corrected chi connectivity index (χ2v) is 5.09. The smallest absolute Gasteiger partial charge is 0.270 e. The van der Waals surface area contributed by atoms with E-state index < -0.39 is 10.8 Å². The maximum absolute atomic E-state index is 11.9. The van der Waals surface area contributed by atoms with Gasteiger partial charge in [0.05, 0.1) is 4.92 Å². The van der Waals surface area contributed by atoms with Crippen LogP contribution in [0.1, 0.15) is 42.5 Å². The summed E-state index contributed by atoms with van der Waals surface area (Å²) in [5.41, 5.74) is 4.66. The van der Waals surface area contributed by atoms with Gasteiger partial charge in [0.2, 0.25) is 5.91 Å². The third-order valence-corrected chi connectivity index (χ3v) is 3.59. The molecule has 2 N–H and O–H groups in total. The van der Waals surface area contributed by atoms with Crippen LogP contribution >= 0.6 is 0 Å². The molecule has 0 radical (unpaired) electrons. The first-order chi connectivity index (χ1) is 10.1. The minimum atomic E-state index is -0.572. The highest BCUT2D eigenvalue weighted by Crippen LogP contribution is 2.23. The van der Waals surface area contributed by atoms with E-state index in [9.17, 15) is 19.7 Å². The highest BCUT2D eigenvalue weighted by molar-refractivity contribution is 5.96. The monoisotopic (exact) mass is 291 g/mol. The molecule has 0 saturated heterocycles. The summed E-state index contributed by atoms with van der Waals surface area (Å²) < 4.78 is 0. The molecule has 0 heterocycles. The molecule has 0 spiro atoms. The molecule has 0 aromatic heterocycles. The summed E-state index contributed by atoms with van der Waals surface area (Å²) in [5.74, 6) is -0.833. The number of hydrazine groups is 1. The normalized spacial score (nSPS) is 15.2. The number of nitrogens with one attached hydrogen (secondary N) is 2. The molecule has 1 fully saturated rings. The van der Waals surface area contributed by atoms with Crippen LogP contribution in [0, 0.1) is 16.0 Å². The molecule has 1 aromatic carbocycles. The summed E-state index contributed by atoms with van der Waals surface area (Å²) in [6, 6.07) is 5.35. The Labute approximate surface area is 121 Å². The third-order valence-electron chi connectivity index (χ3n) is 3.59. The van der Waals surface area contributed by atoms with Gasteiger partial charge < -0.3 is 0 Å². The van der Waals surface area contributed by atoms with Crippen molar-refractivity contribution in [3.05, 3.63) is 39.9 Å². The van der Waals surface area contributed by atoms with Crippen molar-refractivity contribution in [3.63, 3.8) is 0 Å². The molecule has 0 bridgehead atoms. The van der Waals surface area contributed by atoms with Crippen LogP contribution in [0.15, 0.2) is 24.3 Å². The Morgan fingerprint density at radius 1 is 1.14 bits per heavy atom. The van der Waals surface area contributed by atoms with E-state index in [4.69, 9.17) is 0 Å². The molecule has 2 rings (SSSR count). The van der Waals surface area contributed by atoms with Crippen molar-refractivity contribution in [1.82, 2.24) is 10.9 Å². The van der Waals surface area contributed by atoms with E-state index in [1.165, 1.54) is 24.3 Å². The lowest BCUT2D eigenvalue weighted by Crippen LogP contribution is -2.44. The summed E-state index contributed by atoms with van der Waals surface area (Å²) in [6.45, 7) is 0. The molecule has 0 atom stereocenters. The fourth-order valence-corrected chi connectivity index (χ4v) is 2.42. The van der Waals surface area contributed by atoms with Crippen molar-refractivity contribution in [2.75, 3.05) is 0 Å². The summed E-state index contributed by atoms with van der Waals surface area (Å²) in [7, 11) is 0. The van der Waals surface area contributed by atoms with Crippen LogP contribution in [0.5, 0.6) is 0 Å². The Kier molecular flexibility index (Phi) is 4.86. The topological polar surface area (TPSA) is 101 Å². The average molecular weight is 291 g/mol. The van der Waals surface area contributed by atoms with Crippen LogP contribution in [-0.4, -0.2) is 16.7 Å². The van der Waals surface area contributed by atoms with E-state index >= 15 is 0 Å². The van der Waals surface area contributed by atoms with Crippen LogP contribution in [0.2, 0.25) is 0 Å². The molecule has 21 heavy (non-hydrogen) atoms. The van der Waals surface area contributed by atoms with Gasteiger partial charge >= 0.3 is 0 Å². The average Bonchev–Trinajstić information content (AvgIpc) is 2.53. The van der Waals surface area contributed by atoms with E-state index in [-0.39, 0.29) is 23.1 Å². The maximum atomic E-state index is 11.9. The lowest BCUT2D eigenvalue weighted by atomic mass is 9.89. The standard InChI is InChI=1S/C14H17N3O4/c18-13(10-5-2-1-3-6-10)15-16-14(19)11-7-4-8-12(9-11)17(20)21/h4,7-10H,1-3,5-6H2,(H,15,18)(H,16,19). The minimum absolute atomic E-state index is 0.0656. The van der Waals surface area contributed by atoms with Crippen LogP contribution in [-0.2, 0) is 4.79 Å².